The second-order valence-corrected chi connectivity index (χ2v) is 5.53. The fraction of sp³-hybridized carbons (Fsp3) is 0.412. The van der Waals surface area contributed by atoms with Gasteiger partial charge in [0.15, 0.2) is 17.2 Å². The molecule has 0 bridgehead atoms. The zero-order valence-electron chi connectivity index (χ0n) is 13.7. The minimum Gasteiger partial charge on any atom is -0.493 e. The Morgan fingerprint density at radius 1 is 1.30 bits per heavy atom. The number of aliphatic hydroxyl groups is 1. The van der Waals surface area contributed by atoms with E-state index in [-0.39, 0.29) is 5.57 Å². The van der Waals surface area contributed by atoms with Crippen LogP contribution in [0.1, 0.15) is 19.4 Å². The van der Waals surface area contributed by atoms with Gasteiger partial charge in [0.25, 0.3) is 5.91 Å². The summed E-state index contributed by atoms with van der Waals surface area (Å²) in [5, 5.41) is 19.6. The monoisotopic (exact) mass is 316 g/mol. The maximum Gasteiger partial charge on any atom is 0.267 e. The Kier molecular flexibility index (Phi) is 4.62. The maximum atomic E-state index is 12.2. The summed E-state index contributed by atoms with van der Waals surface area (Å²) in [6.45, 7) is 3.43. The molecule has 1 N–H and O–H groups in total. The van der Waals surface area contributed by atoms with Crippen molar-refractivity contribution in [1.82, 2.24) is 4.90 Å². The standard InChI is InChI=1S/C17H20N2O4/c1-11-13(10-18)16(20)19(17(11,2)21)8-7-12-5-6-14(22-3)15(9-12)23-4/h5-6,9,21H,7-8H2,1-4H3. The van der Waals surface area contributed by atoms with Gasteiger partial charge in [-0.25, -0.2) is 0 Å². The highest BCUT2D eigenvalue weighted by atomic mass is 16.5. The van der Waals surface area contributed by atoms with Gasteiger partial charge in [-0.05, 0) is 38.0 Å². The first-order chi connectivity index (χ1) is 10.9. The molecule has 23 heavy (non-hydrogen) atoms. The first-order valence-corrected chi connectivity index (χ1v) is 7.23. The van der Waals surface area contributed by atoms with Crippen LogP contribution in [0.5, 0.6) is 11.5 Å². The number of hydrogen-bond donors (Lipinski definition) is 1. The smallest absolute Gasteiger partial charge is 0.267 e. The number of nitrogens with zero attached hydrogens (tertiary/aromatic N) is 2. The molecule has 1 aromatic rings. The lowest BCUT2D eigenvalue weighted by molar-refractivity contribution is -0.140. The van der Waals surface area contributed by atoms with E-state index in [1.165, 1.54) is 11.8 Å². The average Bonchev–Trinajstić information content (AvgIpc) is 2.70. The van der Waals surface area contributed by atoms with Gasteiger partial charge in [-0.3, -0.25) is 4.79 Å². The lowest BCUT2D eigenvalue weighted by atomic mass is 10.1. The van der Waals surface area contributed by atoms with E-state index in [2.05, 4.69) is 0 Å². The normalized spacial score (nSPS) is 20.7. The van der Waals surface area contributed by atoms with Crippen LogP contribution < -0.4 is 9.47 Å². The highest BCUT2D eigenvalue weighted by Gasteiger charge is 2.44. The number of ether oxygens (including phenoxy) is 2. The van der Waals surface area contributed by atoms with Crippen LogP contribution in [0.3, 0.4) is 0 Å². The molecule has 0 radical (unpaired) electrons. The van der Waals surface area contributed by atoms with Gasteiger partial charge in [-0.15, -0.1) is 0 Å². The number of carbonyl (C=O) groups is 1. The number of nitriles is 1. The predicted octanol–water partition coefficient (Wildman–Crippen LogP) is 1.64. The highest BCUT2D eigenvalue weighted by Crippen LogP contribution is 2.33. The Morgan fingerprint density at radius 3 is 2.48 bits per heavy atom. The molecule has 2 rings (SSSR count). The predicted molar refractivity (Wildman–Crippen MR) is 83.9 cm³/mol. The molecule has 1 amide bonds. The third-order valence-electron chi connectivity index (χ3n) is 4.25. The SMILES string of the molecule is COc1ccc(CCN2C(=O)C(C#N)=C(C)C2(C)O)cc1OC. The van der Waals surface area contributed by atoms with Crippen molar-refractivity contribution in [2.75, 3.05) is 20.8 Å². The van der Waals surface area contributed by atoms with Crippen LogP contribution in [-0.2, 0) is 11.2 Å². The summed E-state index contributed by atoms with van der Waals surface area (Å²) in [6.07, 6.45) is 0.522. The second kappa shape index (κ2) is 6.31. The Morgan fingerprint density at radius 2 is 1.96 bits per heavy atom. The molecule has 0 aromatic heterocycles. The largest absolute Gasteiger partial charge is 0.493 e. The fourth-order valence-electron chi connectivity index (χ4n) is 2.66. The molecule has 0 fully saturated rings. The number of amides is 1. The number of benzene rings is 1. The van der Waals surface area contributed by atoms with E-state index in [0.717, 1.165) is 5.56 Å². The molecule has 6 nitrogen and oxygen atoms in total. The first-order valence-electron chi connectivity index (χ1n) is 7.23. The van der Waals surface area contributed by atoms with Crippen LogP contribution in [0.2, 0.25) is 0 Å². The molecule has 1 unspecified atom stereocenters. The van der Waals surface area contributed by atoms with Crippen molar-refractivity contribution < 1.29 is 19.4 Å². The van der Waals surface area contributed by atoms with Gasteiger partial charge in [0, 0.05) is 12.1 Å². The Labute approximate surface area is 135 Å². The lowest BCUT2D eigenvalue weighted by Gasteiger charge is -2.31. The second-order valence-electron chi connectivity index (χ2n) is 5.53. The summed E-state index contributed by atoms with van der Waals surface area (Å²) in [4.78, 5) is 13.6. The van der Waals surface area contributed by atoms with Crippen molar-refractivity contribution in [2.24, 2.45) is 0 Å². The van der Waals surface area contributed by atoms with Crippen molar-refractivity contribution >= 4 is 5.91 Å². The quantitative estimate of drug-likeness (QED) is 0.893. The van der Waals surface area contributed by atoms with Crippen molar-refractivity contribution in [1.29, 1.82) is 5.26 Å². The molecule has 1 heterocycles. The average molecular weight is 316 g/mol. The number of methoxy groups -OCH3 is 2. The molecule has 6 heteroatoms. The zero-order valence-corrected chi connectivity index (χ0v) is 13.7. The Balaban J connectivity index is 2.16. The molecule has 1 aliphatic rings. The van der Waals surface area contributed by atoms with Gasteiger partial charge >= 0.3 is 0 Å². The summed E-state index contributed by atoms with van der Waals surface area (Å²) in [5.74, 6) is 0.803. The summed E-state index contributed by atoms with van der Waals surface area (Å²) in [7, 11) is 3.12. The third kappa shape index (κ3) is 2.88. The Hall–Kier alpha value is -2.52. The summed E-state index contributed by atoms with van der Waals surface area (Å²) >= 11 is 0. The summed E-state index contributed by atoms with van der Waals surface area (Å²) < 4.78 is 10.4. The number of carbonyl (C=O) groups excluding carboxylic acids is 1. The molecule has 0 saturated carbocycles. The van der Waals surface area contributed by atoms with Gasteiger partial charge in [0.05, 0.1) is 14.2 Å². The number of rotatable bonds is 5. The first kappa shape index (κ1) is 16.8. The lowest BCUT2D eigenvalue weighted by Crippen LogP contribution is -2.46. The van der Waals surface area contributed by atoms with E-state index in [9.17, 15) is 9.90 Å². The molecule has 1 atom stereocenters. The zero-order chi connectivity index (χ0) is 17.2. The molecule has 1 aromatic carbocycles. The molecule has 1 aliphatic heterocycles. The Bertz CT molecular complexity index is 701. The molecular formula is C17H20N2O4. The van der Waals surface area contributed by atoms with Gasteiger partial charge in [-0.2, -0.15) is 5.26 Å². The van der Waals surface area contributed by atoms with Crippen LogP contribution in [0, 0.1) is 11.3 Å². The van der Waals surface area contributed by atoms with Crippen molar-refractivity contribution in [3.63, 3.8) is 0 Å². The van der Waals surface area contributed by atoms with E-state index in [4.69, 9.17) is 14.7 Å². The molecule has 0 aliphatic carbocycles. The van der Waals surface area contributed by atoms with E-state index < -0.39 is 11.6 Å². The van der Waals surface area contributed by atoms with Crippen LogP contribution in [0.15, 0.2) is 29.3 Å². The van der Waals surface area contributed by atoms with E-state index in [1.807, 2.05) is 18.2 Å². The topological polar surface area (TPSA) is 82.8 Å². The summed E-state index contributed by atoms with van der Waals surface area (Å²) in [5.41, 5.74) is -0.0902. The minimum absolute atomic E-state index is 0.0160. The highest BCUT2D eigenvalue weighted by molar-refractivity contribution is 6.01. The summed E-state index contributed by atoms with van der Waals surface area (Å²) in [6, 6.07) is 7.38. The minimum atomic E-state index is -1.43. The van der Waals surface area contributed by atoms with Crippen LogP contribution >= 0.6 is 0 Å². The van der Waals surface area contributed by atoms with Gasteiger partial charge < -0.3 is 19.5 Å². The van der Waals surface area contributed by atoms with Crippen LogP contribution in [-0.4, -0.2) is 42.4 Å². The third-order valence-corrected chi connectivity index (χ3v) is 4.25. The van der Waals surface area contributed by atoms with Gasteiger partial charge in [0.1, 0.15) is 11.6 Å². The van der Waals surface area contributed by atoms with Crippen LogP contribution in [0.25, 0.3) is 0 Å². The molecular weight excluding hydrogens is 296 g/mol. The van der Waals surface area contributed by atoms with Crippen molar-refractivity contribution in [3.8, 4) is 17.6 Å². The van der Waals surface area contributed by atoms with Gasteiger partial charge in [-0.1, -0.05) is 6.07 Å². The van der Waals surface area contributed by atoms with Crippen molar-refractivity contribution in [2.45, 2.75) is 26.0 Å². The maximum absolute atomic E-state index is 12.2. The molecule has 0 spiro atoms. The van der Waals surface area contributed by atoms with E-state index in [1.54, 1.807) is 27.2 Å². The number of hydrogen-bond acceptors (Lipinski definition) is 5. The van der Waals surface area contributed by atoms with Crippen molar-refractivity contribution in [3.05, 3.63) is 34.9 Å². The van der Waals surface area contributed by atoms with E-state index >= 15 is 0 Å². The molecule has 0 saturated heterocycles. The molecule has 122 valence electrons. The van der Waals surface area contributed by atoms with Crippen LogP contribution in [0.4, 0.5) is 0 Å². The van der Waals surface area contributed by atoms with Gasteiger partial charge in [0.2, 0.25) is 0 Å². The van der Waals surface area contributed by atoms with E-state index in [0.29, 0.717) is 30.0 Å². The fourth-order valence-corrected chi connectivity index (χ4v) is 2.66.